The van der Waals surface area contributed by atoms with Crippen molar-refractivity contribution in [2.75, 3.05) is 20.1 Å². The van der Waals surface area contributed by atoms with Gasteiger partial charge in [-0.1, -0.05) is 38.8 Å². The van der Waals surface area contributed by atoms with Crippen LogP contribution in [0.4, 0.5) is 0 Å². The second kappa shape index (κ2) is 7.35. The van der Waals surface area contributed by atoms with E-state index in [1.165, 1.54) is 19.3 Å². The van der Waals surface area contributed by atoms with Crippen LogP contribution in [0.3, 0.4) is 0 Å². The van der Waals surface area contributed by atoms with Crippen LogP contribution in [0.5, 0.6) is 0 Å². The van der Waals surface area contributed by atoms with Gasteiger partial charge in [0.05, 0.1) is 0 Å². The van der Waals surface area contributed by atoms with Crippen LogP contribution < -0.4 is 0 Å². The molecule has 0 fully saturated rings. The van der Waals surface area contributed by atoms with Gasteiger partial charge in [-0.15, -0.1) is 0 Å². The molecule has 0 rings (SSSR count). The number of likely N-dealkylation sites (N-methyl/N-ethyl adjacent to an activating group) is 1. The van der Waals surface area contributed by atoms with Crippen molar-refractivity contribution in [3.63, 3.8) is 0 Å². The molecule has 1 heteroatoms. The Kier molecular flexibility index (Phi) is 7.17. The molecular formula is C11H23N. The van der Waals surface area contributed by atoms with Gasteiger partial charge in [0.25, 0.3) is 0 Å². The molecule has 0 aromatic heterocycles. The Morgan fingerprint density at radius 1 is 1.25 bits per heavy atom. The van der Waals surface area contributed by atoms with Gasteiger partial charge < -0.3 is 4.90 Å². The van der Waals surface area contributed by atoms with Gasteiger partial charge in [-0.2, -0.15) is 0 Å². The van der Waals surface area contributed by atoms with E-state index in [-0.39, 0.29) is 0 Å². The minimum atomic E-state index is 1.14. The Labute approximate surface area is 77.5 Å². The van der Waals surface area contributed by atoms with Crippen molar-refractivity contribution >= 4 is 0 Å². The SMILES string of the molecule is CC/C=C(\CCC)CN(C)CC. The van der Waals surface area contributed by atoms with Gasteiger partial charge in [-0.3, -0.25) is 0 Å². The fraction of sp³-hybridized carbons (Fsp3) is 0.818. The minimum Gasteiger partial charge on any atom is -0.303 e. The number of allylic oxidation sites excluding steroid dienone is 1. The van der Waals surface area contributed by atoms with Gasteiger partial charge in [0.15, 0.2) is 0 Å². The topological polar surface area (TPSA) is 3.24 Å². The van der Waals surface area contributed by atoms with Crippen molar-refractivity contribution in [1.29, 1.82) is 0 Å². The first-order valence-electron chi connectivity index (χ1n) is 5.11. The van der Waals surface area contributed by atoms with Crippen molar-refractivity contribution in [1.82, 2.24) is 4.90 Å². The molecule has 0 unspecified atom stereocenters. The van der Waals surface area contributed by atoms with Crippen LogP contribution >= 0.6 is 0 Å². The average molecular weight is 169 g/mol. The molecule has 0 heterocycles. The number of hydrogen-bond donors (Lipinski definition) is 0. The summed E-state index contributed by atoms with van der Waals surface area (Å²) in [4.78, 5) is 2.36. The quantitative estimate of drug-likeness (QED) is 0.552. The van der Waals surface area contributed by atoms with Crippen LogP contribution in [0.25, 0.3) is 0 Å². The summed E-state index contributed by atoms with van der Waals surface area (Å²) in [6, 6.07) is 0. The molecule has 0 aliphatic carbocycles. The number of nitrogens with zero attached hydrogens (tertiary/aromatic N) is 1. The van der Waals surface area contributed by atoms with E-state index < -0.39 is 0 Å². The largest absolute Gasteiger partial charge is 0.303 e. The van der Waals surface area contributed by atoms with Gasteiger partial charge in [0.1, 0.15) is 0 Å². The maximum atomic E-state index is 2.37. The lowest BCUT2D eigenvalue weighted by atomic mass is 10.1. The molecule has 0 N–H and O–H groups in total. The van der Waals surface area contributed by atoms with Crippen molar-refractivity contribution in [3.8, 4) is 0 Å². The first-order valence-corrected chi connectivity index (χ1v) is 5.11. The summed E-state index contributed by atoms with van der Waals surface area (Å²) < 4.78 is 0. The highest BCUT2D eigenvalue weighted by Gasteiger charge is 1.98. The van der Waals surface area contributed by atoms with Gasteiger partial charge in [0, 0.05) is 6.54 Å². The highest BCUT2D eigenvalue weighted by atomic mass is 15.1. The molecule has 0 saturated carbocycles. The number of hydrogen-bond acceptors (Lipinski definition) is 1. The van der Waals surface area contributed by atoms with Crippen molar-refractivity contribution < 1.29 is 0 Å². The highest BCUT2D eigenvalue weighted by Crippen LogP contribution is 2.07. The lowest BCUT2D eigenvalue weighted by molar-refractivity contribution is 0.378. The summed E-state index contributed by atoms with van der Waals surface area (Å²) in [5.41, 5.74) is 1.60. The third-order valence-electron chi connectivity index (χ3n) is 2.08. The predicted molar refractivity (Wildman–Crippen MR) is 56.5 cm³/mol. The second-order valence-electron chi connectivity index (χ2n) is 3.35. The molecular weight excluding hydrogens is 146 g/mol. The molecule has 72 valence electrons. The molecule has 0 bridgehead atoms. The molecule has 0 aromatic rings. The predicted octanol–water partition coefficient (Wildman–Crippen LogP) is 3.07. The second-order valence-corrected chi connectivity index (χ2v) is 3.35. The van der Waals surface area contributed by atoms with Crippen LogP contribution in [0, 0.1) is 0 Å². The summed E-state index contributed by atoms with van der Waals surface area (Å²) in [6.45, 7) is 8.95. The number of rotatable bonds is 6. The van der Waals surface area contributed by atoms with E-state index in [1.54, 1.807) is 5.57 Å². The van der Waals surface area contributed by atoms with Gasteiger partial charge in [-0.25, -0.2) is 0 Å². The monoisotopic (exact) mass is 169 g/mol. The van der Waals surface area contributed by atoms with Crippen LogP contribution in [-0.4, -0.2) is 25.0 Å². The summed E-state index contributed by atoms with van der Waals surface area (Å²) in [5.74, 6) is 0. The van der Waals surface area contributed by atoms with E-state index in [9.17, 15) is 0 Å². The minimum absolute atomic E-state index is 1.14. The highest BCUT2D eigenvalue weighted by molar-refractivity contribution is 5.03. The van der Waals surface area contributed by atoms with E-state index in [0.29, 0.717) is 0 Å². The molecule has 0 aliphatic rings. The maximum absolute atomic E-state index is 2.37. The van der Waals surface area contributed by atoms with Crippen LogP contribution in [-0.2, 0) is 0 Å². The van der Waals surface area contributed by atoms with Crippen molar-refractivity contribution in [3.05, 3.63) is 11.6 Å². The lowest BCUT2D eigenvalue weighted by Crippen LogP contribution is -2.20. The van der Waals surface area contributed by atoms with Crippen LogP contribution in [0.15, 0.2) is 11.6 Å². The zero-order valence-electron chi connectivity index (χ0n) is 9.06. The van der Waals surface area contributed by atoms with Crippen LogP contribution in [0.1, 0.15) is 40.0 Å². The van der Waals surface area contributed by atoms with Crippen molar-refractivity contribution in [2.45, 2.75) is 40.0 Å². The van der Waals surface area contributed by atoms with Gasteiger partial charge in [0.2, 0.25) is 0 Å². The van der Waals surface area contributed by atoms with E-state index in [2.05, 4.69) is 38.8 Å². The van der Waals surface area contributed by atoms with E-state index >= 15 is 0 Å². The average Bonchev–Trinajstić information content (AvgIpc) is 2.05. The van der Waals surface area contributed by atoms with Crippen molar-refractivity contribution in [2.24, 2.45) is 0 Å². The first kappa shape index (κ1) is 11.7. The summed E-state index contributed by atoms with van der Waals surface area (Å²) in [5, 5.41) is 0. The van der Waals surface area contributed by atoms with Gasteiger partial charge >= 0.3 is 0 Å². The Balaban J connectivity index is 3.86. The third kappa shape index (κ3) is 5.36. The van der Waals surface area contributed by atoms with E-state index in [0.717, 1.165) is 13.1 Å². The van der Waals surface area contributed by atoms with E-state index in [4.69, 9.17) is 0 Å². The normalized spacial score (nSPS) is 12.6. The third-order valence-corrected chi connectivity index (χ3v) is 2.08. The molecule has 12 heavy (non-hydrogen) atoms. The molecule has 0 radical (unpaired) electrons. The molecule has 0 spiro atoms. The van der Waals surface area contributed by atoms with Crippen LogP contribution in [0.2, 0.25) is 0 Å². The Bertz CT molecular complexity index is 127. The molecule has 0 aliphatic heterocycles. The maximum Gasteiger partial charge on any atom is 0.0189 e. The zero-order valence-corrected chi connectivity index (χ0v) is 9.06. The standard InChI is InChI=1S/C11H23N/c1-5-8-11(9-6-2)10-12(4)7-3/h8H,5-7,9-10H2,1-4H3/b11-8+. The smallest absolute Gasteiger partial charge is 0.0189 e. The fourth-order valence-electron chi connectivity index (χ4n) is 1.31. The molecule has 0 atom stereocenters. The molecule has 0 amide bonds. The first-order chi connectivity index (χ1) is 5.74. The Hall–Kier alpha value is -0.300. The van der Waals surface area contributed by atoms with Gasteiger partial charge in [-0.05, 0) is 26.4 Å². The zero-order chi connectivity index (χ0) is 9.40. The summed E-state index contributed by atoms with van der Waals surface area (Å²) >= 11 is 0. The van der Waals surface area contributed by atoms with E-state index in [1.807, 2.05) is 0 Å². The lowest BCUT2D eigenvalue weighted by Gasteiger charge is -2.16. The fourth-order valence-corrected chi connectivity index (χ4v) is 1.31. The Morgan fingerprint density at radius 3 is 2.33 bits per heavy atom. The summed E-state index contributed by atoms with van der Waals surface area (Å²) in [7, 11) is 2.18. The summed E-state index contributed by atoms with van der Waals surface area (Å²) in [6.07, 6.45) is 6.07. The Morgan fingerprint density at radius 2 is 1.92 bits per heavy atom. The molecule has 0 aromatic carbocycles. The molecule has 1 nitrogen and oxygen atoms in total. The molecule has 0 saturated heterocycles.